The van der Waals surface area contributed by atoms with Crippen LogP contribution < -0.4 is 10.3 Å². The summed E-state index contributed by atoms with van der Waals surface area (Å²) < 4.78 is 0. The zero-order valence-electron chi connectivity index (χ0n) is 18.7. The van der Waals surface area contributed by atoms with E-state index < -0.39 is 0 Å². The maximum absolute atomic E-state index is 12.3. The molecular formula is C25H33N3O. The van der Waals surface area contributed by atoms with Gasteiger partial charge in [0, 0.05) is 22.8 Å². The number of carbonyl (C=O) groups is 1. The minimum atomic E-state index is -0.196. The Labute approximate surface area is 175 Å². The molecule has 0 bridgehead atoms. The molecule has 1 aliphatic heterocycles. The first kappa shape index (κ1) is 21.1. The molecule has 0 saturated carbocycles. The number of hydrogen-bond acceptors (Lipinski definition) is 3. The molecule has 1 heterocycles. The summed E-state index contributed by atoms with van der Waals surface area (Å²) in [6.07, 6.45) is 2.87. The lowest BCUT2D eigenvalue weighted by Crippen LogP contribution is -2.51. The number of nitrogens with zero attached hydrogens (tertiary/aromatic N) is 2. The van der Waals surface area contributed by atoms with E-state index in [2.05, 4.69) is 69.1 Å². The van der Waals surface area contributed by atoms with E-state index in [0.29, 0.717) is 17.5 Å². The molecule has 0 unspecified atom stereocenters. The fourth-order valence-corrected chi connectivity index (χ4v) is 4.66. The third-order valence-electron chi connectivity index (χ3n) is 5.86. The van der Waals surface area contributed by atoms with Crippen molar-refractivity contribution in [2.24, 2.45) is 5.10 Å². The molecule has 0 aromatic heterocycles. The number of hydrazone groups is 1. The Balaban J connectivity index is 1.85. The number of aryl methyl sites for hydroxylation is 2. The van der Waals surface area contributed by atoms with Crippen LogP contribution in [-0.4, -0.2) is 23.7 Å². The van der Waals surface area contributed by atoms with Crippen LogP contribution in [0.3, 0.4) is 0 Å². The molecule has 2 aromatic rings. The van der Waals surface area contributed by atoms with Crippen molar-refractivity contribution < 1.29 is 4.79 Å². The van der Waals surface area contributed by atoms with Crippen molar-refractivity contribution in [3.05, 3.63) is 64.2 Å². The summed E-state index contributed by atoms with van der Waals surface area (Å²) in [6, 6.07) is 12.4. The monoisotopic (exact) mass is 391 g/mol. The van der Waals surface area contributed by atoms with E-state index in [0.717, 1.165) is 23.1 Å². The van der Waals surface area contributed by atoms with Gasteiger partial charge >= 0.3 is 0 Å². The molecule has 0 fully saturated rings. The third kappa shape index (κ3) is 4.36. The minimum absolute atomic E-state index is 0.130. The van der Waals surface area contributed by atoms with Crippen molar-refractivity contribution in [2.75, 3.05) is 4.90 Å². The Bertz CT molecular complexity index is 926. The van der Waals surface area contributed by atoms with Crippen molar-refractivity contribution in [1.82, 2.24) is 5.43 Å². The normalized spacial score (nSPS) is 18.2. The molecule has 1 atom stereocenters. The lowest BCUT2D eigenvalue weighted by atomic mass is 9.78. The molecule has 0 radical (unpaired) electrons. The van der Waals surface area contributed by atoms with E-state index >= 15 is 0 Å². The molecule has 0 spiro atoms. The Morgan fingerprint density at radius 1 is 1.21 bits per heavy atom. The van der Waals surface area contributed by atoms with Crippen LogP contribution in [0.15, 0.2) is 41.5 Å². The van der Waals surface area contributed by atoms with Gasteiger partial charge in [-0.15, -0.1) is 0 Å². The molecule has 1 amide bonds. The van der Waals surface area contributed by atoms with Crippen LogP contribution in [0.1, 0.15) is 79.6 Å². The minimum Gasteiger partial charge on any atom is -0.364 e. The number of benzene rings is 2. The molecule has 1 N–H and O–H groups in total. The van der Waals surface area contributed by atoms with Gasteiger partial charge in [-0.05, 0) is 94.8 Å². The van der Waals surface area contributed by atoms with Gasteiger partial charge in [0.05, 0.1) is 6.21 Å². The fourth-order valence-electron chi connectivity index (χ4n) is 4.66. The largest absolute Gasteiger partial charge is 0.364 e. The molecule has 4 heteroatoms. The van der Waals surface area contributed by atoms with E-state index in [4.69, 9.17) is 0 Å². The number of hydrogen-bond donors (Lipinski definition) is 1. The van der Waals surface area contributed by atoms with Crippen molar-refractivity contribution in [3.8, 4) is 0 Å². The molecule has 2 aromatic carbocycles. The van der Waals surface area contributed by atoms with Gasteiger partial charge in [-0.1, -0.05) is 24.6 Å². The molecule has 4 nitrogen and oxygen atoms in total. The van der Waals surface area contributed by atoms with Crippen LogP contribution in [0.2, 0.25) is 0 Å². The molecule has 29 heavy (non-hydrogen) atoms. The lowest BCUT2D eigenvalue weighted by Gasteiger charge is -2.50. The molecule has 0 saturated heterocycles. The molecule has 3 rings (SSSR count). The number of rotatable bonds is 4. The smallest absolute Gasteiger partial charge is 0.271 e. The highest BCUT2D eigenvalue weighted by molar-refractivity contribution is 5.95. The Morgan fingerprint density at radius 2 is 1.86 bits per heavy atom. The summed E-state index contributed by atoms with van der Waals surface area (Å²) in [7, 11) is 0. The first-order valence-corrected chi connectivity index (χ1v) is 10.4. The predicted molar refractivity (Wildman–Crippen MR) is 122 cm³/mol. The van der Waals surface area contributed by atoms with Gasteiger partial charge in [0.2, 0.25) is 0 Å². The van der Waals surface area contributed by atoms with E-state index in [1.54, 1.807) is 6.21 Å². The number of nitrogens with one attached hydrogen (secondary N) is 1. The Hall–Kier alpha value is -2.62. The average molecular weight is 392 g/mol. The van der Waals surface area contributed by atoms with E-state index in [1.807, 2.05) is 31.2 Å². The van der Waals surface area contributed by atoms with Gasteiger partial charge in [-0.2, -0.15) is 5.10 Å². The maximum atomic E-state index is 12.3. The van der Waals surface area contributed by atoms with Crippen LogP contribution in [0.4, 0.5) is 5.69 Å². The second kappa shape index (κ2) is 8.02. The summed E-state index contributed by atoms with van der Waals surface area (Å²) in [5, 5.41) is 4.22. The fraction of sp³-hybridized carbons (Fsp3) is 0.440. The van der Waals surface area contributed by atoms with Crippen LogP contribution in [0.25, 0.3) is 0 Å². The zero-order chi connectivity index (χ0) is 21.3. The number of fused-ring (bicyclic) bond motifs is 1. The van der Waals surface area contributed by atoms with Gasteiger partial charge < -0.3 is 4.90 Å². The first-order valence-electron chi connectivity index (χ1n) is 10.4. The quantitative estimate of drug-likeness (QED) is 0.547. The summed E-state index contributed by atoms with van der Waals surface area (Å²) >= 11 is 0. The van der Waals surface area contributed by atoms with Crippen molar-refractivity contribution in [1.29, 1.82) is 0 Å². The maximum Gasteiger partial charge on any atom is 0.271 e. The summed E-state index contributed by atoms with van der Waals surface area (Å²) in [5.41, 5.74) is 9.39. The van der Waals surface area contributed by atoms with Gasteiger partial charge in [0.15, 0.2) is 0 Å². The number of amides is 1. The van der Waals surface area contributed by atoms with Gasteiger partial charge in [-0.3, -0.25) is 4.79 Å². The molecule has 1 aliphatic rings. The molecule has 154 valence electrons. The molecular weight excluding hydrogens is 358 g/mol. The van der Waals surface area contributed by atoms with Crippen LogP contribution in [0.5, 0.6) is 0 Å². The average Bonchev–Trinajstić information content (AvgIpc) is 2.62. The van der Waals surface area contributed by atoms with Crippen molar-refractivity contribution >= 4 is 17.8 Å². The number of carbonyl (C=O) groups excluding carboxylic acids is 1. The van der Waals surface area contributed by atoms with Crippen molar-refractivity contribution in [3.63, 3.8) is 0 Å². The van der Waals surface area contributed by atoms with Crippen molar-refractivity contribution in [2.45, 2.75) is 72.4 Å². The van der Waals surface area contributed by atoms with E-state index in [9.17, 15) is 4.79 Å². The first-order chi connectivity index (χ1) is 13.6. The Morgan fingerprint density at radius 3 is 2.48 bits per heavy atom. The van der Waals surface area contributed by atoms with Gasteiger partial charge in [-0.25, -0.2) is 5.43 Å². The van der Waals surface area contributed by atoms with Crippen LogP contribution in [-0.2, 0) is 0 Å². The highest BCUT2D eigenvalue weighted by atomic mass is 16.2. The highest BCUT2D eigenvalue weighted by Crippen LogP contribution is 2.45. The van der Waals surface area contributed by atoms with E-state index in [-0.39, 0.29) is 11.4 Å². The lowest BCUT2D eigenvalue weighted by molar-refractivity contribution is 0.0955. The predicted octanol–water partition coefficient (Wildman–Crippen LogP) is 5.57. The topological polar surface area (TPSA) is 44.7 Å². The summed E-state index contributed by atoms with van der Waals surface area (Å²) in [4.78, 5) is 14.8. The van der Waals surface area contributed by atoms with Gasteiger partial charge in [0.25, 0.3) is 5.91 Å². The summed E-state index contributed by atoms with van der Waals surface area (Å²) in [5.74, 6) is 0.280. The number of anilines is 1. The zero-order valence-corrected chi connectivity index (χ0v) is 18.7. The third-order valence-corrected chi connectivity index (χ3v) is 5.86. The second-order valence-corrected chi connectivity index (χ2v) is 9.21. The molecule has 0 aliphatic carbocycles. The second-order valence-electron chi connectivity index (χ2n) is 9.21. The highest BCUT2D eigenvalue weighted by Gasteiger charge is 2.37. The van der Waals surface area contributed by atoms with E-state index in [1.165, 1.54) is 11.3 Å². The van der Waals surface area contributed by atoms with Gasteiger partial charge in [0.1, 0.15) is 0 Å². The SMILES string of the molecule is Cc1ccc(C(=O)N/N=C\c2cc3c(cc2C)N(C(C)C)C(C)(C)C[C@H]3C)cc1. The summed E-state index contributed by atoms with van der Waals surface area (Å²) in [6.45, 7) is 15.6. The Kier molecular flexibility index (Phi) is 5.83. The van der Waals surface area contributed by atoms with Crippen LogP contribution in [0, 0.1) is 13.8 Å². The van der Waals surface area contributed by atoms with Crippen LogP contribution >= 0.6 is 0 Å². The standard InChI is InChI=1S/C25H33N3O/c1-16(2)28-23-12-18(4)21(13-22(23)19(5)14-25(28,6)7)15-26-27-24(29)20-10-8-17(3)9-11-20/h8-13,15-16,19H,14H2,1-7H3,(H,27,29)/b26-15-/t19-/m1/s1.